The lowest BCUT2D eigenvalue weighted by Gasteiger charge is -2.26. The molecule has 0 aliphatic carbocycles. The van der Waals surface area contributed by atoms with Crippen molar-refractivity contribution in [2.24, 2.45) is 0 Å². The van der Waals surface area contributed by atoms with E-state index in [1.54, 1.807) is 24.5 Å². The Hall–Kier alpha value is -2.93. The molecule has 2 aromatic heterocycles. The first-order chi connectivity index (χ1) is 12.7. The molecule has 0 saturated carbocycles. The SMILES string of the molecule is COc1cccc(C=CC(=O)N2CCc3c(sc4ncnc(N)c34)C2)c1. The van der Waals surface area contributed by atoms with Gasteiger partial charge in [-0.3, -0.25) is 4.79 Å². The Balaban J connectivity index is 1.53. The number of carbonyl (C=O) groups is 1. The van der Waals surface area contributed by atoms with Crippen molar-refractivity contribution in [3.05, 3.63) is 52.7 Å². The molecule has 0 radical (unpaired) electrons. The zero-order valence-electron chi connectivity index (χ0n) is 14.3. The molecule has 0 saturated heterocycles. The number of hydrogen-bond acceptors (Lipinski definition) is 6. The number of carbonyl (C=O) groups excluding carboxylic acids is 1. The number of thiophene rings is 1. The summed E-state index contributed by atoms with van der Waals surface area (Å²) in [5.74, 6) is 1.28. The minimum atomic E-state index is -0.00465. The van der Waals surface area contributed by atoms with Crippen molar-refractivity contribution in [2.45, 2.75) is 13.0 Å². The highest BCUT2D eigenvalue weighted by molar-refractivity contribution is 7.19. The molecule has 0 bridgehead atoms. The van der Waals surface area contributed by atoms with Crippen molar-refractivity contribution in [1.29, 1.82) is 0 Å². The minimum Gasteiger partial charge on any atom is -0.497 e. The van der Waals surface area contributed by atoms with E-state index in [0.717, 1.165) is 32.8 Å². The number of fused-ring (bicyclic) bond motifs is 3. The van der Waals surface area contributed by atoms with Crippen molar-refractivity contribution < 1.29 is 9.53 Å². The number of methoxy groups -OCH3 is 1. The van der Waals surface area contributed by atoms with E-state index in [1.807, 2.05) is 35.2 Å². The van der Waals surface area contributed by atoms with E-state index < -0.39 is 0 Å². The van der Waals surface area contributed by atoms with Gasteiger partial charge >= 0.3 is 0 Å². The zero-order chi connectivity index (χ0) is 18.1. The number of benzene rings is 1. The van der Waals surface area contributed by atoms with Gasteiger partial charge in [0, 0.05) is 17.5 Å². The molecule has 6 nitrogen and oxygen atoms in total. The van der Waals surface area contributed by atoms with Gasteiger partial charge in [0.2, 0.25) is 5.91 Å². The maximum absolute atomic E-state index is 12.6. The molecular formula is C19H18N4O2S. The van der Waals surface area contributed by atoms with Gasteiger partial charge in [0.25, 0.3) is 0 Å². The van der Waals surface area contributed by atoms with Crippen LogP contribution in [0.25, 0.3) is 16.3 Å². The Bertz CT molecular complexity index is 1010. The molecule has 132 valence electrons. The lowest BCUT2D eigenvalue weighted by Crippen LogP contribution is -2.34. The van der Waals surface area contributed by atoms with Crippen LogP contribution in [0, 0.1) is 0 Å². The van der Waals surface area contributed by atoms with Crippen LogP contribution in [0.4, 0.5) is 5.82 Å². The normalized spacial score (nSPS) is 14.0. The molecule has 3 aromatic rings. The summed E-state index contributed by atoms with van der Waals surface area (Å²) in [6.45, 7) is 1.24. The van der Waals surface area contributed by atoms with Crippen LogP contribution in [-0.4, -0.2) is 34.4 Å². The highest BCUT2D eigenvalue weighted by Gasteiger charge is 2.24. The van der Waals surface area contributed by atoms with Crippen LogP contribution in [0.15, 0.2) is 36.7 Å². The van der Waals surface area contributed by atoms with Gasteiger partial charge in [-0.15, -0.1) is 11.3 Å². The fourth-order valence-corrected chi connectivity index (χ4v) is 4.37. The summed E-state index contributed by atoms with van der Waals surface area (Å²) in [4.78, 5) is 24.9. The summed E-state index contributed by atoms with van der Waals surface area (Å²) in [5.41, 5.74) is 8.12. The van der Waals surface area contributed by atoms with Gasteiger partial charge in [-0.25, -0.2) is 9.97 Å². The maximum Gasteiger partial charge on any atom is 0.246 e. The maximum atomic E-state index is 12.6. The number of rotatable bonds is 3. The number of ether oxygens (including phenoxy) is 1. The molecule has 0 fully saturated rings. The smallest absolute Gasteiger partial charge is 0.246 e. The molecule has 4 rings (SSSR count). The Morgan fingerprint density at radius 3 is 3.12 bits per heavy atom. The van der Waals surface area contributed by atoms with E-state index in [2.05, 4.69) is 9.97 Å². The van der Waals surface area contributed by atoms with Gasteiger partial charge in [-0.05, 0) is 35.8 Å². The second-order valence-corrected chi connectivity index (χ2v) is 7.15. The predicted octanol–water partition coefficient (Wildman–Crippen LogP) is 2.88. The van der Waals surface area contributed by atoms with Crippen LogP contribution in [0.3, 0.4) is 0 Å². The molecule has 0 spiro atoms. The van der Waals surface area contributed by atoms with E-state index in [9.17, 15) is 4.79 Å². The monoisotopic (exact) mass is 366 g/mol. The minimum absolute atomic E-state index is 0.00465. The zero-order valence-corrected chi connectivity index (χ0v) is 15.1. The first-order valence-corrected chi connectivity index (χ1v) is 9.09. The number of hydrogen-bond donors (Lipinski definition) is 1. The van der Waals surface area contributed by atoms with Crippen molar-refractivity contribution in [2.75, 3.05) is 19.4 Å². The third-order valence-corrected chi connectivity index (χ3v) is 5.61. The standard InChI is InChI=1S/C19H18N4O2S/c1-25-13-4-2-3-12(9-13)5-6-16(24)23-8-7-14-15(10-23)26-19-17(14)18(20)21-11-22-19/h2-6,9,11H,7-8,10H2,1H3,(H2,20,21,22). The number of nitrogens with zero attached hydrogens (tertiary/aromatic N) is 3. The van der Waals surface area contributed by atoms with Crippen LogP contribution in [0.5, 0.6) is 5.75 Å². The Labute approximate surface area is 154 Å². The van der Waals surface area contributed by atoms with Gasteiger partial charge in [0.1, 0.15) is 22.7 Å². The van der Waals surface area contributed by atoms with Crippen LogP contribution in [-0.2, 0) is 17.8 Å². The van der Waals surface area contributed by atoms with Gasteiger partial charge in [-0.2, -0.15) is 0 Å². The molecule has 3 heterocycles. The summed E-state index contributed by atoms with van der Waals surface area (Å²) in [7, 11) is 1.63. The summed E-state index contributed by atoms with van der Waals surface area (Å²) in [6.07, 6.45) is 5.68. The van der Waals surface area contributed by atoms with Gasteiger partial charge in [0.05, 0.1) is 19.0 Å². The second kappa shape index (κ2) is 6.76. The lowest BCUT2D eigenvalue weighted by atomic mass is 10.0. The van der Waals surface area contributed by atoms with Crippen molar-refractivity contribution in [3.63, 3.8) is 0 Å². The van der Waals surface area contributed by atoms with Gasteiger partial charge in [-0.1, -0.05) is 12.1 Å². The number of anilines is 1. The largest absolute Gasteiger partial charge is 0.497 e. The highest BCUT2D eigenvalue weighted by atomic mass is 32.1. The molecule has 26 heavy (non-hydrogen) atoms. The molecule has 7 heteroatoms. The van der Waals surface area contributed by atoms with E-state index in [4.69, 9.17) is 10.5 Å². The van der Waals surface area contributed by atoms with E-state index in [-0.39, 0.29) is 5.91 Å². The van der Waals surface area contributed by atoms with Gasteiger partial charge < -0.3 is 15.4 Å². The Morgan fingerprint density at radius 2 is 2.27 bits per heavy atom. The second-order valence-electron chi connectivity index (χ2n) is 6.06. The number of nitrogens with two attached hydrogens (primary N) is 1. The van der Waals surface area contributed by atoms with E-state index >= 15 is 0 Å². The van der Waals surface area contributed by atoms with E-state index in [1.165, 1.54) is 11.9 Å². The average molecular weight is 366 g/mol. The summed E-state index contributed by atoms with van der Waals surface area (Å²) >= 11 is 1.59. The van der Waals surface area contributed by atoms with Crippen molar-refractivity contribution in [1.82, 2.24) is 14.9 Å². The molecule has 1 aromatic carbocycles. The number of amides is 1. The molecule has 1 amide bonds. The van der Waals surface area contributed by atoms with Crippen LogP contribution in [0.2, 0.25) is 0 Å². The highest BCUT2D eigenvalue weighted by Crippen LogP contribution is 2.36. The average Bonchev–Trinajstić information content (AvgIpc) is 3.05. The predicted molar refractivity (Wildman–Crippen MR) is 103 cm³/mol. The van der Waals surface area contributed by atoms with Crippen molar-refractivity contribution >= 4 is 39.4 Å². The molecule has 0 unspecified atom stereocenters. The first-order valence-electron chi connectivity index (χ1n) is 8.27. The Kier molecular flexibility index (Phi) is 4.30. The fraction of sp³-hybridized carbons (Fsp3) is 0.211. The first kappa shape index (κ1) is 16.5. The molecular weight excluding hydrogens is 348 g/mol. The quantitative estimate of drug-likeness (QED) is 0.721. The number of nitrogen functional groups attached to an aromatic ring is 1. The summed E-state index contributed by atoms with van der Waals surface area (Å²) < 4.78 is 5.21. The molecule has 1 aliphatic rings. The molecule has 1 aliphatic heterocycles. The van der Waals surface area contributed by atoms with Crippen LogP contribution in [0.1, 0.15) is 16.0 Å². The van der Waals surface area contributed by atoms with E-state index in [0.29, 0.717) is 18.9 Å². The summed E-state index contributed by atoms with van der Waals surface area (Å²) in [6, 6.07) is 7.61. The Morgan fingerprint density at radius 1 is 1.38 bits per heavy atom. The van der Waals surface area contributed by atoms with Gasteiger partial charge in [0.15, 0.2) is 0 Å². The third-order valence-electron chi connectivity index (χ3n) is 4.49. The molecule has 0 atom stereocenters. The summed E-state index contributed by atoms with van der Waals surface area (Å²) in [5, 5.41) is 0.950. The molecule has 2 N–H and O–H groups in total. The fourth-order valence-electron chi connectivity index (χ4n) is 3.16. The lowest BCUT2D eigenvalue weighted by molar-refractivity contribution is -0.126. The topological polar surface area (TPSA) is 81.3 Å². The third kappa shape index (κ3) is 3.01. The number of aromatic nitrogens is 2. The van der Waals surface area contributed by atoms with Crippen LogP contribution >= 0.6 is 11.3 Å². The van der Waals surface area contributed by atoms with Crippen LogP contribution < -0.4 is 10.5 Å². The van der Waals surface area contributed by atoms with Crippen molar-refractivity contribution in [3.8, 4) is 5.75 Å².